The molecule has 1 aromatic heterocycles. The monoisotopic (exact) mass is 835 g/mol. The molecule has 0 amide bonds. The number of hydrogen-bond donors (Lipinski definition) is 0. The van der Waals surface area contributed by atoms with Gasteiger partial charge in [0.2, 0.25) is 0 Å². The van der Waals surface area contributed by atoms with E-state index < -0.39 is 0 Å². The summed E-state index contributed by atoms with van der Waals surface area (Å²) in [5.74, 6) is 0. The van der Waals surface area contributed by atoms with Gasteiger partial charge in [-0.05, 0) is 136 Å². The summed E-state index contributed by atoms with van der Waals surface area (Å²) in [5, 5.41) is 12.7. The van der Waals surface area contributed by atoms with E-state index in [9.17, 15) is 0 Å². The summed E-state index contributed by atoms with van der Waals surface area (Å²) in [7, 11) is 0. The molecule has 0 N–H and O–H groups in total. The number of hydrogen-bond acceptors (Lipinski definition) is 2. The Morgan fingerprint density at radius 3 is 1.50 bits per heavy atom. The summed E-state index contributed by atoms with van der Waals surface area (Å²) in [6, 6.07) is 80.9. The molecular weight excluding hydrogens is 791 g/mol. The molecule has 1 heterocycles. The van der Waals surface area contributed by atoms with Gasteiger partial charge in [-0.3, -0.25) is 0 Å². The lowest BCUT2D eigenvalue weighted by molar-refractivity contribution is 0.597. The van der Waals surface area contributed by atoms with Gasteiger partial charge in [0, 0.05) is 26.8 Å². The fourth-order valence-corrected chi connectivity index (χ4v) is 11.4. The topological polar surface area (TPSA) is 3.24 Å². The van der Waals surface area contributed by atoms with Gasteiger partial charge in [-0.2, -0.15) is 0 Å². The molecule has 0 bridgehead atoms. The first-order chi connectivity index (χ1) is 31.3. The van der Waals surface area contributed by atoms with Gasteiger partial charge in [-0.15, -0.1) is 11.3 Å². The Kier molecular flexibility index (Phi) is 9.00. The van der Waals surface area contributed by atoms with Gasteiger partial charge in [-0.1, -0.05) is 191 Å². The highest BCUT2D eigenvalue weighted by Crippen LogP contribution is 2.50. The first-order valence-corrected chi connectivity index (χ1v) is 23.0. The Hall–Kier alpha value is -7.52. The first kappa shape index (κ1) is 38.2. The summed E-state index contributed by atoms with van der Waals surface area (Å²) in [6.07, 6.45) is 0. The van der Waals surface area contributed by atoms with Crippen molar-refractivity contribution in [3.8, 4) is 33.4 Å². The third kappa shape index (κ3) is 6.53. The van der Waals surface area contributed by atoms with E-state index in [-0.39, 0.29) is 5.41 Å². The van der Waals surface area contributed by atoms with E-state index in [1.165, 1.54) is 108 Å². The van der Waals surface area contributed by atoms with Gasteiger partial charge in [-0.25, -0.2) is 0 Å². The smallest absolute Gasteiger partial charge is 0.0646 e. The molecule has 11 aromatic carbocycles. The van der Waals surface area contributed by atoms with Crippen LogP contribution in [-0.2, 0) is 5.41 Å². The molecular formula is C62H45NS. The molecule has 12 aromatic rings. The van der Waals surface area contributed by atoms with Crippen molar-refractivity contribution in [2.75, 3.05) is 4.90 Å². The quantitative estimate of drug-likeness (QED) is 0.161. The Morgan fingerprint density at radius 2 is 0.828 bits per heavy atom. The van der Waals surface area contributed by atoms with Crippen LogP contribution in [0.1, 0.15) is 26.3 Å². The fourth-order valence-electron chi connectivity index (χ4n) is 9.86. The largest absolute Gasteiger partial charge is 0.309 e. The van der Waals surface area contributed by atoms with Crippen molar-refractivity contribution in [1.29, 1.82) is 0 Å². The lowest BCUT2D eigenvalue weighted by Gasteiger charge is -2.27. The molecule has 0 aliphatic rings. The molecule has 1 nitrogen and oxygen atoms in total. The van der Waals surface area contributed by atoms with Crippen LogP contribution in [-0.4, -0.2) is 0 Å². The highest BCUT2D eigenvalue weighted by atomic mass is 32.1. The van der Waals surface area contributed by atoms with Crippen molar-refractivity contribution >= 4 is 91.7 Å². The van der Waals surface area contributed by atoms with Crippen LogP contribution in [0.3, 0.4) is 0 Å². The van der Waals surface area contributed by atoms with Crippen LogP contribution in [0.15, 0.2) is 218 Å². The molecule has 0 saturated carbocycles. The zero-order valence-corrected chi connectivity index (χ0v) is 37.0. The second-order valence-corrected chi connectivity index (χ2v) is 19.2. The van der Waals surface area contributed by atoms with E-state index in [0.29, 0.717) is 0 Å². The van der Waals surface area contributed by atoms with Gasteiger partial charge in [0.25, 0.3) is 0 Å². The highest BCUT2D eigenvalue weighted by Gasteiger charge is 2.24. The van der Waals surface area contributed by atoms with Crippen LogP contribution in [0.4, 0.5) is 17.1 Å². The summed E-state index contributed by atoms with van der Waals surface area (Å²) in [4.78, 5) is 2.48. The Bertz CT molecular complexity index is 3750. The van der Waals surface area contributed by atoms with E-state index in [4.69, 9.17) is 0 Å². The first-order valence-electron chi connectivity index (χ1n) is 22.2. The predicted molar refractivity (Wildman–Crippen MR) is 279 cm³/mol. The molecule has 0 unspecified atom stereocenters. The van der Waals surface area contributed by atoms with Gasteiger partial charge >= 0.3 is 0 Å². The van der Waals surface area contributed by atoms with E-state index in [1.54, 1.807) is 0 Å². The number of benzene rings is 11. The zero-order valence-electron chi connectivity index (χ0n) is 36.1. The summed E-state index contributed by atoms with van der Waals surface area (Å²) < 4.78 is 2.66. The number of anilines is 3. The average molecular weight is 836 g/mol. The van der Waals surface area contributed by atoms with Crippen LogP contribution in [0, 0.1) is 0 Å². The van der Waals surface area contributed by atoms with Crippen molar-refractivity contribution in [1.82, 2.24) is 0 Å². The van der Waals surface area contributed by atoms with E-state index >= 15 is 0 Å². The molecule has 0 fully saturated rings. The molecule has 0 spiro atoms. The summed E-state index contributed by atoms with van der Waals surface area (Å²) in [5.41, 5.74) is 12.1. The van der Waals surface area contributed by atoms with Crippen LogP contribution >= 0.6 is 11.3 Å². The third-order valence-corrected chi connectivity index (χ3v) is 14.4. The number of rotatable bonds is 6. The van der Waals surface area contributed by atoms with Crippen molar-refractivity contribution in [2.24, 2.45) is 0 Å². The molecule has 0 radical (unpaired) electrons. The number of nitrogens with zero attached hydrogens (tertiary/aromatic N) is 1. The highest BCUT2D eigenvalue weighted by molar-refractivity contribution is 7.26. The second-order valence-electron chi connectivity index (χ2n) is 18.1. The minimum absolute atomic E-state index is 0.00555. The van der Waals surface area contributed by atoms with Crippen molar-refractivity contribution in [2.45, 2.75) is 26.2 Å². The molecule has 12 rings (SSSR count). The number of thiophene rings is 1. The van der Waals surface area contributed by atoms with Crippen molar-refractivity contribution < 1.29 is 0 Å². The Labute approximate surface area is 378 Å². The minimum atomic E-state index is 0.00555. The van der Waals surface area contributed by atoms with E-state index in [0.717, 1.165) is 11.4 Å². The summed E-state index contributed by atoms with van der Waals surface area (Å²) in [6.45, 7) is 6.99. The molecule has 2 heteroatoms. The molecule has 0 aliphatic heterocycles. The Balaban J connectivity index is 0.987. The van der Waals surface area contributed by atoms with Crippen LogP contribution in [0.2, 0.25) is 0 Å². The normalized spacial score (nSPS) is 12.0. The lowest BCUT2D eigenvalue weighted by atomic mass is 9.86. The van der Waals surface area contributed by atoms with Gasteiger partial charge in [0.15, 0.2) is 0 Å². The second kappa shape index (κ2) is 15.1. The molecule has 0 saturated heterocycles. The SMILES string of the molecule is CC(C)(C)c1cccc2c1sc1c(N(c3ccc(-c4ccc5cc(-c6ccc7ccccc7c6)ccc5c4)cc3)c3ccc(-c4cccc5ccccc45)cc3)cc3ccccc3c12. The predicted octanol–water partition coefficient (Wildman–Crippen LogP) is 18.4. The van der Waals surface area contributed by atoms with Gasteiger partial charge in [0.05, 0.1) is 10.4 Å². The van der Waals surface area contributed by atoms with Crippen LogP contribution in [0.5, 0.6) is 0 Å². The summed E-state index contributed by atoms with van der Waals surface area (Å²) >= 11 is 1.93. The molecule has 304 valence electrons. The van der Waals surface area contributed by atoms with E-state index in [1.807, 2.05) is 11.3 Å². The van der Waals surface area contributed by atoms with Gasteiger partial charge < -0.3 is 4.90 Å². The fraction of sp³-hybridized carbons (Fsp3) is 0.0645. The lowest BCUT2D eigenvalue weighted by Crippen LogP contribution is -2.10. The maximum absolute atomic E-state index is 2.48. The Morgan fingerprint density at radius 1 is 0.344 bits per heavy atom. The van der Waals surface area contributed by atoms with Crippen LogP contribution < -0.4 is 4.90 Å². The maximum atomic E-state index is 2.48. The van der Waals surface area contributed by atoms with Crippen molar-refractivity contribution in [3.05, 3.63) is 224 Å². The van der Waals surface area contributed by atoms with Crippen molar-refractivity contribution in [3.63, 3.8) is 0 Å². The van der Waals surface area contributed by atoms with Gasteiger partial charge in [0.1, 0.15) is 0 Å². The van der Waals surface area contributed by atoms with E-state index in [2.05, 4.69) is 244 Å². The minimum Gasteiger partial charge on any atom is -0.309 e. The maximum Gasteiger partial charge on any atom is 0.0646 e. The molecule has 0 aliphatic carbocycles. The zero-order chi connectivity index (χ0) is 42.9. The third-order valence-electron chi connectivity index (χ3n) is 13.1. The number of fused-ring (bicyclic) bond motifs is 8. The average Bonchev–Trinajstić information content (AvgIpc) is 3.74. The van der Waals surface area contributed by atoms with Crippen LogP contribution in [0.25, 0.3) is 96.6 Å². The molecule has 0 atom stereocenters. The standard InChI is InChI=1S/C62H45NS/c1-62(2,3)57-21-11-20-56-59-55-18-9-7-15-50(55)39-58(61(59)64-60(56)57)63(52-34-30-43(31-35-52)54-19-10-16-42-13-6-8-17-53(42)54)51-32-28-41(29-33-51)45-24-25-48-38-49(27-26-47(48)37-45)46-23-22-40-12-4-5-14-44(40)36-46/h4-39H,1-3H3. The molecule has 64 heavy (non-hydrogen) atoms.